The Morgan fingerprint density at radius 2 is 2.00 bits per heavy atom. The molecule has 0 rings (SSSR count). The molecule has 0 aliphatic rings. The highest BCUT2D eigenvalue weighted by Crippen LogP contribution is 2.18. The van der Waals surface area contributed by atoms with Gasteiger partial charge in [0, 0.05) is 13.1 Å². The Morgan fingerprint density at radius 1 is 1.36 bits per heavy atom. The van der Waals surface area contributed by atoms with Crippen molar-refractivity contribution >= 4 is 5.91 Å². The lowest BCUT2D eigenvalue weighted by Crippen LogP contribution is -2.31. The molecule has 0 bridgehead atoms. The highest BCUT2D eigenvalue weighted by Gasteiger charge is 2.30. The van der Waals surface area contributed by atoms with E-state index in [-0.39, 0.29) is 13.2 Å². The van der Waals surface area contributed by atoms with Crippen LogP contribution in [0.15, 0.2) is 0 Å². The maximum atomic E-state index is 11.6. The summed E-state index contributed by atoms with van der Waals surface area (Å²) < 4.78 is 39.7. The number of ether oxygens (including phenoxy) is 1. The molecule has 0 aromatic heterocycles. The fourth-order valence-corrected chi connectivity index (χ4v) is 0.693. The maximum absolute atomic E-state index is 11.6. The zero-order valence-corrected chi connectivity index (χ0v) is 7.56. The van der Waals surface area contributed by atoms with Crippen molar-refractivity contribution in [2.24, 2.45) is 5.73 Å². The van der Waals surface area contributed by atoms with Crippen LogP contribution in [0.3, 0.4) is 0 Å². The van der Waals surface area contributed by atoms with Gasteiger partial charge in [-0.15, -0.1) is 0 Å². The highest BCUT2D eigenvalue weighted by molar-refractivity contribution is 5.76. The summed E-state index contributed by atoms with van der Waals surface area (Å²) >= 11 is 0. The van der Waals surface area contributed by atoms with Crippen molar-refractivity contribution in [3.8, 4) is 0 Å². The van der Waals surface area contributed by atoms with Crippen LogP contribution >= 0.6 is 0 Å². The van der Waals surface area contributed by atoms with Gasteiger partial charge in [0.2, 0.25) is 5.91 Å². The number of halogens is 3. The number of alkyl halides is 3. The van der Waals surface area contributed by atoms with Gasteiger partial charge in [0.1, 0.15) is 6.42 Å². The molecule has 0 radical (unpaired) electrons. The van der Waals surface area contributed by atoms with Crippen LogP contribution in [0.25, 0.3) is 0 Å². The number of hydrogen-bond donors (Lipinski definition) is 2. The average Bonchev–Trinajstić information content (AvgIpc) is 2.00. The van der Waals surface area contributed by atoms with E-state index < -0.39 is 18.5 Å². The molecule has 0 spiro atoms. The second-order valence-electron chi connectivity index (χ2n) is 2.54. The van der Waals surface area contributed by atoms with Gasteiger partial charge in [-0.1, -0.05) is 0 Å². The number of carbonyl (C=O) groups is 1. The van der Waals surface area contributed by atoms with Gasteiger partial charge in [0.25, 0.3) is 0 Å². The monoisotopic (exact) mass is 214 g/mol. The van der Waals surface area contributed by atoms with Crippen molar-refractivity contribution in [1.82, 2.24) is 5.32 Å². The summed E-state index contributed by atoms with van der Waals surface area (Å²) in [6, 6.07) is 0. The Bertz CT molecular complexity index is 173. The fraction of sp³-hybridized carbons (Fsp3) is 0.857. The summed E-state index contributed by atoms with van der Waals surface area (Å²) in [5.41, 5.74) is 5.09. The predicted octanol–water partition coefficient (Wildman–Crippen LogP) is 0.0303. The van der Waals surface area contributed by atoms with E-state index in [4.69, 9.17) is 10.5 Å². The first-order valence-corrected chi connectivity index (χ1v) is 4.07. The Labute approximate surface area is 79.6 Å². The smallest absolute Gasteiger partial charge is 0.378 e. The number of nitrogens with one attached hydrogen (secondary N) is 1. The van der Waals surface area contributed by atoms with Crippen molar-refractivity contribution in [3.63, 3.8) is 0 Å². The minimum absolute atomic E-state index is 0.0644. The van der Waals surface area contributed by atoms with Gasteiger partial charge in [-0.05, 0) is 0 Å². The zero-order chi connectivity index (χ0) is 11.0. The first kappa shape index (κ1) is 13.2. The van der Waals surface area contributed by atoms with Crippen LogP contribution in [-0.2, 0) is 9.53 Å². The van der Waals surface area contributed by atoms with Gasteiger partial charge < -0.3 is 15.8 Å². The maximum Gasteiger partial charge on any atom is 0.397 e. The standard InChI is InChI=1S/C7H13F3N2O2/c8-7(9,10)5-6(13)12-2-4-14-3-1-11/h1-5,11H2,(H,12,13). The van der Waals surface area contributed by atoms with Gasteiger partial charge in [0.05, 0.1) is 13.2 Å². The van der Waals surface area contributed by atoms with E-state index in [1.807, 2.05) is 0 Å². The molecule has 0 saturated heterocycles. The normalized spacial score (nSPS) is 11.4. The van der Waals surface area contributed by atoms with Gasteiger partial charge in [-0.3, -0.25) is 4.79 Å². The van der Waals surface area contributed by atoms with E-state index in [1.54, 1.807) is 0 Å². The van der Waals surface area contributed by atoms with E-state index in [9.17, 15) is 18.0 Å². The van der Waals surface area contributed by atoms with Gasteiger partial charge >= 0.3 is 6.18 Å². The fourth-order valence-electron chi connectivity index (χ4n) is 0.693. The van der Waals surface area contributed by atoms with Gasteiger partial charge in [-0.2, -0.15) is 13.2 Å². The van der Waals surface area contributed by atoms with Crippen molar-refractivity contribution in [1.29, 1.82) is 0 Å². The Morgan fingerprint density at radius 3 is 2.50 bits per heavy atom. The highest BCUT2D eigenvalue weighted by atomic mass is 19.4. The Kier molecular flexibility index (Phi) is 6.22. The van der Waals surface area contributed by atoms with Crippen LogP contribution in [0, 0.1) is 0 Å². The summed E-state index contributed by atoms with van der Waals surface area (Å²) in [4.78, 5) is 10.6. The molecule has 1 amide bonds. The van der Waals surface area contributed by atoms with Crippen LogP contribution in [0.1, 0.15) is 6.42 Å². The third kappa shape index (κ3) is 9.27. The third-order valence-electron chi connectivity index (χ3n) is 1.19. The molecule has 0 aromatic carbocycles. The van der Waals surface area contributed by atoms with Gasteiger partial charge in [-0.25, -0.2) is 0 Å². The largest absolute Gasteiger partial charge is 0.397 e. The lowest BCUT2D eigenvalue weighted by molar-refractivity contribution is -0.153. The minimum atomic E-state index is -4.46. The van der Waals surface area contributed by atoms with Crippen LogP contribution in [0.4, 0.5) is 13.2 Å². The second kappa shape index (κ2) is 6.61. The van der Waals surface area contributed by atoms with E-state index >= 15 is 0 Å². The number of carbonyl (C=O) groups excluding carboxylic acids is 1. The molecule has 0 fully saturated rings. The molecule has 3 N–H and O–H groups in total. The Hall–Kier alpha value is -0.820. The van der Waals surface area contributed by atoms with E-state index in [1.165, 1.54) is 0 Å². The number of amides is 1. The lowest BCUT2D eigenvalue weighted by atomic mass is 10.4. The van der Waals surface area contributed by atoms with Crippen LogP contribution in [-0.4, -0.2) is 38.4 Å². The summed E-state index contributed by atoms with van der Waals surface area (Å²) in [5.74, 6) is -1.05. The minimum Gasteiger partial charge on any atom is -0.378 e. The van der Waals surface area contributed by atoms with Crippen molar-refractivity contribution in [3.05, 3.63) is 0 Å². The van der Waals surface area contributed by atoms with Crippen molar-refractivity contribution < 1.29 is 22.7 Å². The molecule has 0 atom stereocenters. The molecule has 0 aromatic rings. The predicted molar refractivity (Wildman–Crippen MR) is 43.6 cm³/mol. The molecule has 0 saturated carbocycles. The molecule has 4 nitrogen and oxygen atoms in total. The van der Waals surface area contributed by atoms with E-state index in [0.717, 1.165) is 0 Å². The molecule has 0 unspecified atom stereocenters. The molecular formula is C7H13F3N2O2. The second-order valence-corrected chi connectivity index (χ2v) is 2.54. The number of nitrogens with two attached hydrogens (primary N) is 1. The molecule has 0 aliphatic heterocycles. The number of hydrogen-bond acceptors (Lipinski definition) is 3. The van der Waals surface area contributed by atoms with Crippen molar-refractivity contribution in [2.45, 2.75) is 12.6 Å². The van der Waals surface area contributed by atoms with Crippen molar-refractivity contribution in [2.75, 3.05) is 26.3 Å². The average molecular weight is 214 g/mol. The topological polar surface area (TPSA) is 64.3 Å². The summed E-state index contributed by atoms with van der Waals surface area (Å²) in [6.07, 6.45) is -5.91. The van der Waals surface area contributed by atoms with Crippen LogP contribution in [0.2, 0.25) is 0 Å². The summed E-state index contributed by atoms with van der Waals surface area (Å²) in [5, 5.41) is 2.07. The summed E-state index contributed by atoms with van der Waals surface area (Å²) in [7, 11) is 0. The quantitative estimate of drug-likeness (QED) is 0.613. The molecule has 0 aliphatic carbocycles. The first-order chi connectivity index (χ1) is 6.45. The SMILES string of the molecule is NCCOCCNC(=O)CC(F)(F)F. The molecule has 0 heterocycles. The van der Waals surface area contributed by atoms with E-state index in [0.29, 0.717) is 13.2 Å². The van der Waals surface area contributed by atoms with E-state index in [2.05, 4.69) is 5.32 Å². The van der Waals surface area contributed by atoms with Gasteiger partial charge in [0.15, 0.2) is 0 Å². The molecular weight excluding hydrogens is 201 g/mol. The third-order valence-corrected chi connectivity index (χ3v) is 1.19. The summed E-state index contributed by atoms with van der Waals surface area (Å²) in [6.45, 7) is 0.904. The molecule has 7 heteroatoms. The Balaban J connectivity index is 3.36. The van der Waals surface area contributed by atoms with Crippen LogP contribution in [0.5, 0.6) is 0 Å². The van der Waals surface area contributed by atoms with Crippen LogP contribution < -0.4 is 11.1 Å². The number of rotatable bonds is 6. The first-order valence-electron chi connectivity index (χ1n) is 4.07. The zero-order valence-electron chi connectivity index (χ0n) is 7.56. The molecule has 14 heavy (non-hydrogen) atoms. The lowest BCUT2D eigenvalue weighted by Gasteiger charge is -2.07. The molecule has 84 valence electrons.